The van der Waals surface area contributed by atoms with E-state index in [9.17, 15) is 0 Å². The number of methoxy groups -OCH3 is 1. The highest BCUT2D eigenvalue weighted by Gasteiger charge is 2.22. The molecule has 76 valence electrons. The summed E-state index contributed by atoms with van der Waals surface area (Å²) in [4.78, 5) is 2.22. The standard InChI is InChI=1S/C11H16N2O/c1-13-6-9-8(10(12)7-13)4-3-5-11(9)14-2/h3-5,10H,6-7,12H2,1-2H3. The molecule has 1 atom stereocenters. The van der Waals surface area contributed by atoms with E-state index in [-0.39, 0.29) is 6.04 Å². The average Bonchev–Trinajstić information content (AvgIpc) is 2.17. The van der Waals surface area contributed by atoms with Crippen molar-refractivity contribution in [3.05, 3.63) is 29.3 Å². The molecule has 0 spiro atoms. The molecule has 14 heavy (non-hydrogen) atoms. The molecule has 1 aromatic rings. The maximum Gasteiger partial charge on any atom is 0.123 e. The van der Waals surface area contributed by atoms with E-state index >= 15 is 0 Å². The Balaban J connectivity index is 2.47. The van der Waals surface area contributed by atoms with Gasteiger partial charge in [0.15, 0.2) is 0 Å². The molecule has 1 heterocycles. The van der Waals surface area contributed by atoms with E-state index in [1.165, 1.54) is 11.1 Å². The largest absolute Gasteiger partial charge is 0.496 e. The van der Waals surface area contributed by atoms with Crippen LogP contribution >= 0.6 is 0 Å². The average molecular weight is 192 g/mol. The third kappa shape index (κ3) is 1.49. The van der Waals surface area contributed by atoms with Crippen LogP contribution < -0.4 is 10.5 Å². The normalized spacial score (nSPS) is 21.8. The maximum absolute atomic E-state index is 6.06. The second kappa shape index (κ2) is 3.59. The minimum Gasteiger partial charge on any atom is -0.496 e. The number of hydrogen-bond donors (Lipinski definition) is 1. The number of fused-ring (bicyclic) bond motifs is 1. The molecule has 0 saturated carbocycles. The molecule has 0 radical (unpaired) electrons. The Bertz CT molecular complexity index is 338. The second-order valence-electron chi connectivity index (χ2n) is 3.83. The molecule has 1 aliphatic heterocycles. The van der Waals surface area contributed by atoms with Gasteiger partial charge >= 0.3 is 0 Å². The van der Waals surface area contributed by atoms with Crippen molar-refractivity contribution in [3.63, 3.8) is 0 Å². The summed E-state index contributed by atoms with van der Waals surface area (Å²) in [5.41, 5.74) is 8.52. The highest BCUT2D eigenvalue weighted by molar-refractivity contribution is 5.43. The van der Waals surface area contributed by atoms with Gasteiger partial charge in [-0.1, -0.05) is 12.1 Å². The molecule has 0 saturated heterocycles. The lowest BCUT2D eigenvalue weighted by molar-refractivity contribution is 0.275. The van der Waals surface area contributed by atoms with Gasteiger partial charge in [0.1, 0.15) is 5.75 Å². The Labute approximate surface area is 84.5 Å². The van der Waals surface area contributed by atoms with Gasteiger partial charge in [-0.15, -0.1) is 0 Å². The molecule has 3 heteroatoms. The number of nitrogens with zero attached hydrogens (tertiary/aromatic N) is 1. The molecule has 0 aliphatic carbocycles. The SMILES string of the molecule is COc1cccc2c1CN(C)CC2N. The first-order valence-electron chi connectivity index (χ1n) is 4.82. The molecule has 2 N–H and O–H groups in total. The van der Waals surface area contributed by atoms with E-state index in [2.05, 4.69) is 18.0 Å². The van der Waals surface area contributed by atoms with Crippen molar-refractivity contribution in [2.45, 2.75) is 12.6 Å². The number of likely N-dealkylation sites (N-methyl/N-ethyl adjacent to an activating group) is 1. The van der Waals surface area contributed by atoms with Gasteiger partial charge in [0.05, 0.1) is 7.11 Å². The van der Waals surface area contributed by atoms with E-state index in [1.54, 1.807) is 7.11 Å². The molecular formula is C11H16N2O. The van der Waals surface area contributed by atoms with Gasteiger partial charge in [0, 0.05) is 24.7 Å². The summed E-state index contributed by atoms with van der Waals surface area (Å²) >= 11 is 0. The van der Waals surface area contributed by atoms with Gasteiger partial charge in [0.2, 0.25) is 0 Å². The lowest BCUT2D eigenvalue weighted by atomic mass is 9.95. The highest BCUT2D eigenvalue weighted by Crippen LogP contribution is 2.30. The van der Waals surface area contributed by atoms with E-state index in [4.69, 9.17) is 10.5 Å². The van der Waals surface area contributed by atoms with Gasteiger partial charge in [0.25, 0.3) is 0 Å². The zero-order valence-electron chi connectivity index (χ0n) is 8.66. The number of ether oxygens (including phenoxy) is 1. The van der Waals surface area contributed by atoms with Gasteiger partial charge in [-0.05, 0) is 18.7 Å². The van der Waals surface area contributed by atoms with Gasteiger partial charge < -0.3 is 15.4 Å². The fraction of sp³-hybridized carbons (Fsp3) is 0.455. The van der Waals surface area contributed by atoms with Crippen molar-refractivity contribution in [2.75, 3.05) is 20.7 Å². The molecule has 2 rings (SSSR count). The Kier molecular flexibility index (Phi) is 2.44. The lowest BCUT2D eigenvalue weighted by Crippen LogP contribution is -2.34. The summed E-state index contributed by atoms with van der Waals surface area (Å²) in [6.45, 7) is 1.84. The van der Waals surface area contributed by atoms with Crippen molar-refractivity contribution in [1.29, 1.82) is 0 Å². The second-order valence-corrected chi connectivity index (χ2v) is 3.83. The van der Waals surface area contributed by atoms with Crippen molar-refractivity contribution >= 4 is 0 Å². The van der Waals surface area contributed by atoms with E-state index in [0.29, 0.717) is 0 Å². The summed E-state index contributed by atoms with van der Waals surface area (Å²) in [6.07, 6.45) is 0. The number of rotatable bonds is 1. The Morgan fingerprint density at radius 2 is 2.29 bits per heavy atom. The van der Waals surface area contributed by atoms with Crippen LogP contribution in [0.25, 0.3) is 0 Å². The van der Waals surface area contributed by atoms with Crippen LogP contribution in [0.3, 0.4) is 0 Å². The van der Waals surface area contributed by atoms with E-state index in [0.717, 1.165) is 18.8 Å². The monoisotopic (exact) mass is 192 g/mol. The lowest BCUT2D eigenvalue weighted by Gasteiger charge is -2.30. The van der Waals surface area contributed by atoms with Crippen LogP contribution in [-0.4, -0.2) is 25.6 Å². The van der Waals surface area contributed by atoms with Crippen molar-refractivity contribution in [3.8, 4) is 5.75 Å². The maximum atomic E-state index is 6.06. The van der Waals surface area contributed by atoms with E-state index in [1.807, 2.05) is 12.1 Å². The van der Waals surface area contributed by atoms with Crippen LogP contribution in [0.15, 0.2) is 18.2 Å². The Morgan fingerprint density at radius 1 is 1.50 bits per heavy atom. The molecule has 1 unspecified atom stereocenters. The first kappa shape index (κ1) is 9.49. The summed E-state index contributed by atoms with van der Waals surface area (Å²) in [5.74, 6) is 0.949. The van der Waals surface area contributed by atoms with Gasteiger partial charge in [-0.25, -0.2) is 0 Å². The molecular weight excluding hydrogens is 176 g/mol. The first-order chi connectivity index (χ1) is 6.72. The zero-order chi connectivity index (χ0) is 10.1. The van der Waals surface area contributed by atoms with Crippen LogP contribution in [0, 0.1) is 0 Å². The Hall–Kier alpha value is -1.06. The minimum absolute atomic E-state index is 0.110. The summed E-state index contributed by atoms with van der Waals surface area (Å²) in [7, 11) is 3.78. The first-order valence-corrected chi connectivity index (χ1v) is 4.82. The van der Waals surface area contributed by atoms with Crippen molar-refractivity contribution in [1.82, 2.24) is 4.90 Å². The van der Waals surface area contributed by atoms with Gasteiger partial charge in [-0.2, -0.15) is 0 Å². The molecule has 0 amide bonds. The summed E-state index contributed by atoms with van der Waals surface area (Å²) in [5, 5.41) is 0. The summed E-state index contributed by atoms with van der Waals surface area (Å²) in [6, 6.07) is 6.20. The quantitative estimate of drug-likeness (QED) is 0.725. The molecule has 0 bridgehead atoms. The molecule has 3 nitrogen and oxygen atoms in total. The van der Waals surface area contributed by atoms with Crippen LogP contribution in [0.2, 0.25) is 0 Å². The Morgan fingerprint density at radius 3 is 3.00 bits per heavy atom. The van der Waals surface area contributed by atoms with Crippen LogP contribution in [0.1, 0.15) is 17.2 Å². The topological polar surface area (TPSA) is 38.5 Å². The smallest absolute Gasteiger partial charge is 0.123 e. The number of hydrogen-bond acceptors (Lipinski definition) is 3. The highest BCUT2D eigenvalue weighted by atomic mass is 16.5. The van der Waals surface area contributed by atoms with Crippen LogP contribution in [0.4, 0.5) is 0 Å². The fourth-order valence-corrected chi connectivity index (χ4v) is 2.06. The summed E-state index contributed by atoms with van der Waals surface area (Å²) < 4.78 is 5.33. The molecule has 0 fully saturated rings. The molecule has 1 aliphatic rings. The van der Waals surface area contributed by atoms with E-state index < -0.39 is 0 Å². The van der Waals surface area contributed by atoms with Gasteiger partial charge in [-0.3, -0.25) is 0 Å². The molecule has 1 aromatic carbocycles. The van der Waals surface area contributed by atoms with Crippen LogP contribution in [-0.2, 0) is 6.54 Å². The third-order valence-corrected chi connectivity index (χ3v) is 2.73. The van der Waals surface area contributed by atoms with Crippen LogP contribution in [0.5, 0.6) is 5.75 Å². The predicted octanol–water partition coefficient (Wildman–Crippen LogP) is 1.14. The van der Waals surface area contributed by atoms with Crippen molar-refractivity contribution in [2.24, 2.45) is 5.73 Å². The number of benzene rings is 1. The third-order valence-electron chi connectivity index (χ3n) is 2.73. The number of nitrogens with two attached hydrogens (primary N) is 1. The zero-order valence-corrected chi connectivity index (χ0v) is 8.66. The minimum atomic E-state index is 0.110. The van der Waals surface area contributed by atoms with Crippen molar-refractivity contribution < 1.29 is 4.74 Å². The molecule has 0 aromatic heterocycles. The predicted molar refractivity (Wildman–Crippen MR) is 56.3 cm³/mol. The fourth-order valence-electron chi connectivity index (χ4n) is 2.06.